The molecule has 2 aromatic carbocycles. The van der Waals surface area contributed by atoms with Crippen LogP contribution in [0, 0.1) is 0 Å². The Hall–Kier alpha value is -3.06. The number of rotatable bonds is 2. The Bertz CT molecular complexity index is 1500. The maximum atomic E-state index is 11.8. The molecule has 4 aromatic rings. The normalized spacial score (nSPS) is 17.9. The maximum Gasteiger partial charge on any atom is 0.256 e. The van der Waals surface area contributed by atoms with E-state index in [1.807, 2.05) is 36.4 Å². The topological polar surface area (TPSA) is 142 Å². The molecule has 4 N–H and O–H groups in total. The molecule has 0 atom stereocenters. The predicted octanol–water partition coefficient (Wildman–Crippen LogP) is 2.02. The smallest absolute Gasteiger partial charge is 0.256 e. The summed E-state index contributed by atoms with van der Waals surface area (Å²) in [7, 11) is -3.55. The summed E-state index contributed by atoms with van der Waals surface area (Å²) in [5.41, 5.74) is 3.33. The highest BCUT2D eigenvalue weighted by atomic mass is 32.2. The van der Waals surface area contributed by atoms with Crippen LogP contribution in [-0.4, -0.2) is 54.1 Å². The molecule has 0 radical (unpaired) electrons. The van der Waals surface area contributed by atoms with Gasteiger partial charge in [-0.1, -0.05) is 0 Å². The van der Waals surface area contributed by atoms with Crippen molar-refractivity contribution in [1.82, 2.24) is 19.4 Å². The first kappa shape index (κ1) is 22.7. The number of aromatic amines is 2. The number of aromatic nitrogens is 2. The third-order valence-electron chi connectivity index (χ3n) is 6.02. The van der Waals surface area contributed by atoms with Crippen LogP contribution in [0.2, 0.25) is 0 Å². The fourth-order valence-corrected chi connectivity index (χ4v) is 6.97. The molecule has 2 aliphatic heterocycles. The monoisotopic (exact) mass is 504 g/mol. The number of ether oxygens (including phenoxy) is 2. The molecule has 0 bridgehead atoms. The molecule has 10 nitrogen and oxygen atoms in total. The van der Waals surface area contributed by atoms with Crippen molar-refractivity contribution in [2.24, 2.45) is 0 Å². The van der Waals surface area contributed by atoms with Crippen LogP contribution in [-0.2, 0) is 32.9 Å². The number of fused-ring (bicyclic) bond motifs is 6. The first-order chi connectivity index (χ1) is 16.2. The molecular weight excluding hydrogens is 480 g/mol. The van der Waals surface area contributed by atoms with Gasteiger partial charge in [0.1, 0.15) is 11.5 Å². The molecule has 0 saturated carbocycles. The Kier molecular flexibility index (Phi) is 5.55. The Balaban J connectivity index is 0.000000142. The van der Waals surface area contributed by atoms with E-state index in [0.717, 1.165) is 44.4 Å². The minimum atomic E-state index is -3.37. The number of hydrogen-bond acceptors (Lipinski definition) is 6. The maximum absolute atomic E-state index is 11.8. The molecule has 2 aliphatic rings. The lowest BCUT2D eigenvalue weighted by molar-refractivity contribution is 0.415. The van der Waals surface area contributed by atoms with Gasteiger partial charge in [-0.3, -0.25) is 0 Å². The molecule has 2 aromatic heterocycles. The molecule has 6 rings (SSSR count). The number of methoxy groups -OCH3 is 2. The standard InChI is InChI=1S/2C11H12N2O3S/c2*1-16-7-2-3-10-9(6-7)8-4-5-12-17(14,15)11(8)13-10/h2*2-3,6,12-13H,4-5H2,1H3. The van der Waals surface area contributed by atoms with Gasteiger partial charge in [0.05, 0.1) is 14.2 Å². The zero-order valence-electron chi connectivity index (χ0n) is 18.6. The lowest BCUT2D eigenvalue weighted by atomic mass is 10.1. The average Bonchev–Trinajstić information content (AvgIpc) is 3.39. The van der Waals surface area contributed by atoms with Crippen LogP contribution in [0.5, 0.6) is 11.5 Å². The van der Waals surface area contributed by atoms with Crippen molar-refractivity contribution in [1.29, 1.82) is 0 Å². The van der Waals surface area contributed by atoms with E-state index in [-0.39, 0.29) is 10.1 Å². The van der Waals surface area contributed by atoms with Crippen LogP contribution in [0.3, 0.4) is 0 Å². The molecule has 0 saturated heterocycles. The molecular formula is C22H24N4O6S2. The summed E-state index contributed by atoms with van der Waals surface area (Å²) in [6.07, 6.45) is 1.39. The van der Waals surface area contributed by atoms with Crippen LogP contribution in [0.15, 0.2) is 46.5 Å². The molecule has 180 valence electrons. The summed E-state index contributed by atoms with van der Waals surface area (Å²) in [5, 5.41) is 2.41. The second-order valence-corrected chi connectivity index (χ2v) is 11.4. The summed E-state index contributed by atoms with van der Waals surface area (Å²) < 4.78 is 62.6. The predicted molar refractivity (Wildman–Crippen MR) is 127 cm³/mol. The highest BCUT2D eigenvalue weighted by molar-refractivity contribution is 7.89. The van der Waals surface area contributed by atoms with E-state index in [4.69, 9.17) is 9.47 Å². The van der Waals surface area contributed by atoms with Crippen molar-refractivity contribution in [3.05, 3.63) is 47.5 Å². The van der Waals surface area contributed by atoms with Gasteiger partial charge in [-0.2, -0.15) is 0 Å². The summed E-state index contributed by atoms with van der Waals surface area (Å²) in [6.45, 7) is 0.888. The van der Waals surface area contributed by atoms with E-state index >= 15 is 0 Å². The SMILES string of the molecule is COc1ccc2[nH]c3c(c2c1)CCNS3(=O)=O.COc1ccc2[nH]c3c(c2c1)CCNS3(=O)=O. The largest absolute Gasteiger partial charge is 0.497 e. The zero-order valence-corrected chi connectivity index (χ0v) is 20.2. The summed E-state index contributed by atoms with van der Waals surface area (Å²) in [6, 6.07) is 11.0. The van der Waals surface area contributed by atoms with Gasteiger partial charge in [-0.05, 0) is 60.4 Å². The van der Waals surface area contributed by atoms with E-state index in [1.165, 1.54) is 0 Å². The Morgan fingerprint density at radius 2 is 1.09 bits per heavy atom. The van der Waals surface area contributed by atoms with Crippen molar-refractivity contribution in [3.8, 4) is 11.5 Å². The fourth-order valence-electron chi connectivity index (χ4n) is 4.38. The van der Waals surface area contributed by atoms with Gasteiger partial charge < -0.3 is 19.4 Å². The van der Waals surface area contributed by atoms with E-state index in [9.17, 15) is 16.8 Å². The second kappa shape index (κ2) is 8.31. The van der Waals surface area contributed by atoms with Crippen molar-refractivity contribution >= 4 is 41.9 Å². The lowest BCUT2D eigenvalue weighted by Gasteiger charge is -2.13. The fraction of sp³-hybridized carbons (Fsp3) is 0.273. The van der Waals surface area contributed by atoms with Gasteiger partial charge in [-0.25, -0.2) is 26.3 Å². The summed E-state index contributed by atoms with van der Waals surface area (Å²) in [4.78, 5) is 5.90. The number of sulfonamides is 2. The number of benzene rings is 2. The molecule has 0 fully saturated rings. The van der Waals surface area contributed by atoms with Crippen LogP contribution >= 0.6 is 0 Å². The molecule has 0 spiro atoms. The number of H-pyrrole nitrogens is 2. The Labute approximate surface area is 196 Å². The number of hydrogen-bond donors (Lipinski definition) is 4. The molecule has 4 heterocycles. The van der Waals surface area contributed by atoms with Gasteiger partial charge in [0.15, 0.2) is 10.1 Å². The first-order valence-electron chi connectivity index (χ1n) is 10.6. The highest BCUT2D eigenvalue weighted by Crippen LogP contribution is 2.32. The van der Waals surface area contributed by atoms with E-state index in [1.54, 1.807) is 14.2 Å². The van der Waals surface area contributed by atoms with Crippen LogP contribution in [0.25, 0.3) is 21.8 Å². The van der Waals surface area contributed by atoms with E-state index in [0.29, 0.717) is 25.9 Å². The molecule has 0 amide bonds. The van der Waals surface area contributed by atoms with Crippen LogP contribution < -0.4 is 18.9 Å². The average molecular weight is 505 g/mol. The van der Waals surface area contributed by atoms with Gasteiger partial charge in [-0.15, -0.1) is 0 Å². The van der Waals surface area contributed by atoms with Crippen molar-refractivity contribution < 1.29 is 26.3 Å². The number of nitrogens with one attached hydrogen (secondary N) is 4. The van der Waals surface area contributed by atoms with Gasteiger partial charge in [0, 0.05) is 34.9 Å². The lowest BCUT2D eigenvalue weighted by Crippen LogP contribution is -2.31. The van der Waals surface area contributed by atoms with E-state index in [2.05, 4.69) is 19.4 Å². The van der Waals surface area contributed by atoms with Crippen molar-refractivity contribution in [2.45, 2.75) is 22.9 Å². The quantitative estimate of drug-likeness (QED) is 0.329. The third kappa shape index (κ3) is 3.82. The second-order valence-electron chi connectivity index (χ2n) is 7.98. The van der Waals surface area contributed by atoms with Crippen molar-refractivity contribution in [2.75, 3.05) is 27.3 Å². The highest BCUT2D eigenvalue weighted by Gasteiger charge is 2.28. The Morgan fingerprint density at radius 3 is 1.47 bits per heavy atom. The van der Waals surface area contributed by atoms with Crippen LogP contribution in [0.1, 0.15) is 11.1 Å². The molecule has 0 unspecified atom stereocenters. The Morgan fingerprint density at radius 1 is 0.676 bits per heavy atom. The first-order valence-corrected chi connectivity index (χ1v) is 13.6. The summed E-state index contributed by atoms with van der Waals surface area (Å²) in [5.74, 6) is 1.46. The summed E-state index contributed by atoms with van der Waals surface area (Å²) >= 11 is 0. The van der Waals surface area contributed by atoms with Gasteiger partial charge >= 0.3 is 0 Å². The zero-order chi connectivity index (χ0) is 24.1. The van der Waals surface area contributed by atoms with Crippen LogP contribution in [0.4, 0.5) is 0 Å². The van der Waals surface area contributed by atoms with Gasteiger partial charge in [0.2, 0.25) is 0 Å². The third-order valence-corrected chi connectivity index (χ3v) is 8.96. The van der Waals surface area contributed by atoms with Gasteiger partial charge in [0.25, 0.3) is 20.0 Å². The molecule has 12 heteroatoms. The minimum Gasteiger partial charge on any atom is -0.497 e. The van der Waals surface area contributed by atoms with Crippen molar-refractivity contribution in [3.63, 3.8) is 0 Å². The van der Waals surface area contributed by atoms with E-state index < -0.39 is 20.0 Å². The molecule has 34 heavy (non-hydrogen) atoms. The molecule has 0 aliphatic carbocycles. The minimum absolute atomic E-state index is 0.284.